The highest BCUT2D eigenvalue weighted by Gasteiger charge is 2.21. The summed E-state index contributed by atoms with van der Waals surface area (Å²) in [4.78, 5) is 27.9. The van der Waals surface area contributed by atoms with E-state index >= 15 is 0 Å². The van der Waals surface area contributed by atoms with E-state index in [4.69, 9.17) is 16.3 Å². The van der Waals surface area contributed by atoms with Crippen LogP contribution in [0.25, 0.3) is 11.0 Å². The molecule has 0 atom stereocenters. The van der Waals surface area contributed by atoms with Crippen LogP contribution in [0, 0.1) is 0 Å². The van der Waals surface area contributed by atoms with Crippen LogP contribution in [0.3, 0.4) is 0 Å². The molecule has 0 unspecified atom stereocenters. The molecule has 0 amide bonds. The zero-order valence-corrected chi connectivity index (χ0v) is 10.7. The molecular weight excluding hydrogens is 256 g/mol. The third-order valence-electron chi connectivity index (χ3n) is 2.56. The van der Waals surface area contributed by atoms with Crippen LogP contribution in [0.4, 0.5) is 0 Å². The summed E-state index contributed by atoms with van der Waals surface area (Å²) in [5, 5.41) is 0.629. The summed E-state index contributed by atoms with van der Waals surface area (Å²) >= 11 is 6.10. The van der Waals surface area contributed by atoms with Crippen LogP contribution in [0.2, 0.25) is 5.02 Å². The summed E-state index contributed by atoms with van der Waals surface area (Å²) in [5.74, 6) is -0.714. The number of carbonyl (C=O) groups excluding carboxylic acids is 1. The maximum absolute atomic E-state index is 12.1. The van der Waals surface area contributed by atoms with Crippen LogP contribution in [-0.4, -0.2) is 22.1 Å². The lowest BCUT2D eigenvalue weighted by Crippen LogP contribution is -2.27. The van der Waals surface area contributed by atoms with Gasteiger partial charge in [-0.15, -0.1) is 0 Å². The van der Waals surface area contributed by atoms with Crippen molar-refractivity contribution in [3.8, 4) is 0 Å². The molecule has 18 heavy (non-hydrogen) atoms. The van der Waals surface area contributed by atoms with Gasteiger partial charge < -0.3 is 4.74 Å². The zero-order valence-electron chi connectivity index (χ0n) is 9.94. The van der Waals surface area contributed by atoms with Gasteiger partial charge in [0.05, 0.1) is 11.6 Å². The van der Waals surface area contributed by atoms with E-state index in [9.17, 15) is 9.59 Å². The number of carbonyl (C=O) groups is 1. The molecule has 0 N–H and O–H groups in total. The number of hydrogen-bond acceptors (Lipinski definition) is 4. The van der Waals surface area contributed by atoms with E-state index in [0.29, 0.717) is 11.0 Å². The number of fused-ring (bicyclic) bond motifs is 1. The first-order valence-corrected chi connectivity index (χ1v) is 5.76. The van der Waals surface area contributed by atoms with Gasteiger partial charge in [-0.05, 0) is 19.1 Å². The summed E-state index contributed by atoms with van der Waals surface area (Å²) in [6, 6.07) is 3.39. The summed E-state index contributed by atoms with van der Waals surface area (Å²) in [6.45, 7) is 1.85. The normalized spacial score (nSPS) is 10.6. The molecule has 0 aliphatic heterocycles. The van der Waals surface area contributed by atoms with Crippen molar-refractivity contribution in [3.05, 3.63) is 39.3 Å². The van der Waals surface area contributed by atoms with Crippen molar-refractivity contribution in [2.24, 2.45) is 7.05 Å². The molecule has 0 aromatic carbocycles. The lowest BCUT2D eigenvalue weighted by molar-refractivity contribution is 0.0524. The fourth-order valence-electron chi connectivity index (χ4n) is 1.71. The summed E-state index contributed by atoms with van der Waals surface area (Å²) in [7, 11) is 1.54. The lowest BCUT2D eigenvalue weighted by atomic mass is 10.2. The molecule has 0 aliphatic rings. The number of pyridine rings is 2. The highest BCUT2D eigenvalue weighted by molar-refractivity contribution is 6.38. The Morgan fingerprint density at radius 3 is 2.94 bits per heavy atom. The van der Waals surface area contributed by atoms with Gasteiger partial charge in [0.1, 0.15) is 11.2 Å². The van der Waals surface area contributed by atoms with E-state index in [0.717, 1.165) is 0 Å². The van der Waals surface area contributed by atoms with Gasteiger partial charge in [0.25, 0.3) is 5.56 Å². The Morgan fingerprint density at radius 1 is 1.56 bits per heavy atom. The summed E-state index contributed by atoms with van der Waals surface area (Å²) in [5.41, 5.74) is -0.230. The fraction of sp³-hybridized carbons (Fsp3) is 0.250. The Kier molecular flexibility index (Phi) is 3.34. The molecule has 2 rings (SSSR count). The average Bonchev–Trinajstić information content (AvgIpc) is 2.37. The second kappa shape index (κ2) is 4.78. The van der Waals surface area contributed by atoms with E-state index in [1.165, 1.54) is 11.6 Å². The van der Waals surface area contributed by atoms with Gasteiger partial charge in [0.2, 0.25) is 0 Å². The predicted molar refractivity (Wildman–Crippen MR) is 68.0 cm³/mol. The van der Waals surface area contributed by atoms with Crippen LogP contribution < -0.4 is 5.56 Å². The van der Waals surface area contributed by atoms with Gasteiger partial charge in [0, 0.05) is 18.6 Å². The molecule has 0 saturated heterocycles. The highest BCUT2D eigenvalue weighted by atomic mass is 35.5. The van der Waals surface area contributed by atoms with Crippen molar-refractivity contribution in [2.45, 2.75) is 6.92 Å². The molecule has 0 aliphatic carbocycles. The zero-order chi connectivity index (χ0) is 13.3. The second-order valence-electron chi connectivity index (χ2n) is 3.65. The minimum absolute atomic E-state index is 0.0830. The Bertz CT molecular complexity index is 679. The van der Waals surface area contributed by atoms with Crippen molar-refractivity contribution in [1.82, 2.24) is 9.55 Å². The topological polar surface area (TPSA) is 61.2 Å². The molecule has 0 fully saturated rings. The van der Waals surface area contributed by atoms with Crippen LogP contribution in [0.15, 0.2) is 23.1 Å². The average molecular weight is 267 g/mol. The van der Waals surface area contributed by atoms with Gasteiger partial charge in [-0.25, -0.2) is 9.78 Å². The third kappa shape index (κ3) is 1.86. The summed E-state index contributed by atoms with van der Waals surface area (Å²) in [6.07, 6.45) is 1.56. The number of nitrogens with zero attached hydrogens (tertiary/aromatic N) is 2. The first kappa shape index (κ1) is 12.6. The number of esters is 1. The first-order valence-electron chi connectivity index (χ1n) is 5.38. The standard InChI is InChI=1S/C12H11ClN2O3/c1-3-18-12(17)8-9(13)7-5-4-6-14-10(7)15(2)11(8)16/h4-6H,3H2,1-2H3. The number of aryl methyl sites for hydroxylation is 1. The van der Waals surface area contributed by atoms with Crippen molar-refractivity contribution in [3.63, 3.8) is 0 Å². The third-order valence-corrected chi connectivity index (χ3v) is 2.95. The monoisotopic (exact) mass is 266 g/mol. The summed E-state index contributed by atoms with van der Waals surface area (Å²) < 4.78 is 6.12. The van der Waals surface area contributed by atoms with Crippen molar-refractivity contribution < 1.29 is 9.53 Å². The van der Waals surface area contributed by atoms with E-state index in [2.05, 4.69) is 4.98 Å². The minimum Gasteiger partial charge on any atom is -0.462 e. The maximum Gasteiger partial charge on any atom is 0.345 e. The van der Waals surface area contributed by atoms with Gasteiger partial charge in [-0.2, -0.15) is 0 Å². The van der Waals surface area contributed by atoms with Gasteiger partial charge in [-0.1, -0.05) is 11.6 Å². The Hall–Kier alpha value is -1.88. The molecule has 2 aromatic rings. The van der Waals surface area contributed by atoms with Crippen LogP contribution >= 0.6 is 11.6 Å². The van der Waals surface area contributed by atoms with E-state index in [1.807, 2.05) is 0 Å². The molecule has 5 nitrogen and oxygen atoms in total. The van der Waals surface area contributed by atoms with Crippen LogP contribution in [-0.2, 0) is 11.8 Å². The van der Waals surface area contributed by atoms with Crippen molar-refractivity contribution >= 4 is 28.6 Å². The number of rotatable bonds is 2. The largest absolute Gasteiger partial charge is 0.462 e. The van der Waals surface area contributed by atoms with E-state index in [1.54, 1.807) is 25.3 Å². The second-order valence-corrected chi connectivity index (χ2v) is 4.03. The molecule has 6 heteroatoms. The number of aromatic nitrogens is 2. The van der Waals surface area contributed by atoms with Gasteiger partial charge in [-0.3, -0.25) is 9.36 Å². The van der Waals surface area contributed by atoms with Crippen LogP contribution in [0.5, 0.6) is 0 Å². The smallest absolute Gasteiger partial charge is 0.345 e. The Morgan fingerprint density at radius 2 is 2.28 bits per heavy atom. The molecule has 0 spiro atoms. The lowest BCUT2D eigenvalue weighted by Gasteiger charge is -2.09. The Balaban J connectivity index is 2.83. The first-order chi connectivity index (χ1) is 8.57. The molecular formula is C12H11ClN2O3. The number of halogens is 1. The molecule has 2 aromatic heterocycles. The minimum atomic E-state index is -0.714. The highest BCUT2D eigenvalue weighted by Crippen LogP contribution is 2.23. The maximum atomic E-state index is 12.1. The van der Waals surface area contributed by atoms with Crippen LogP contribution in [0.1, 0.15) is 17.3 Å². The number of ether oxygens (including phenoxy) is 1. The molecule has 94 valence electrons. The van der Waals surface area contributed by atoms with E-state index in [-0.39, 0.29) is 17.2 Å². The molecule has 0 saturated carbocycles. The fourth-order valence-corrected chi connectivity index (χ4v) is 2.01. The van der Waals surface area contributed by atoms with Gasteiger partial charge in [0.15, 0.2) is 0 Å². The van der Waals surface area contributed by atoms with Gasteiger partial charge >= 0.3 is 5.97 Å². The van der Waals surface area contributed by atoms with Crippen molar-refractivity contribution in [1.29, 1.82) is 0 Å². The number of hydrogen-bond donors (Lipinski definition) is 0. The Labute approximate surface area is 108 Å². The molecule has 2 heterocycles. The SMILES string of the molecule is CCOC(=O)c1c(Cl)c2cccnc2n(C)c1=O. The molecule has 0 radical (unpaired) electrons. The molecule has 0 bridgehead atoms. The van der Waals surface area contributed by atoms with E-state index < -0.39 is 11.5 Å². The predicted octanol–water partition coefficient (Wildman–Crippen LogP) is 1.76. The van der Waals surface area contributed by atoms with Crippen molar-refractivity contribution in [2.75, 3.05) is 6.61 Å². The quantitative estimate of drug-likeness (QED) is 0.777.